The van der Waals surface area contributed by atoms with Gasteiger partial charge in [0.05, 0.1) is 6.42 Å². The third-order valence-corrected chi connectivity index (χ3v) is 1.31. The van der Waals surface area contributed by atoms with E-state index in [1.54, 1.807) is 24.3 Å². The SMILES string of the molecule is O.O.[B]c1cccc(CC(=O)O)c1. The van der Waals surface area contributed by atoms with Crippen LogP contribution in [0.5, 0.6) is 0 Å². The van der Waals surface area contributed by atoms with Crippen LogP contribution >= 0.6 is 0 Å². The first-order valence-corrected chi connectivity index (χ1v) is 3.24. The van der Waals surface area contributed by atoms with Crippen LogP contribution in [0.3, 0.4) is 0 Å². The lowest BCUT2D eigenvalue weighted by molar-refractivity contribution is -0.136. The van der Waals surface area contributed by atoms with Gasteiger partial charge in [-0.1, -0.05) is 29.7 Å². The summed E-state index contributed by atoms with van der Waals surface area (Å²) in [4.78, 5) is 10.2. The van der Waals surface area contributed by atoms with Crippen LogP contribution in [0.4, 0.5) is 0 Å². The average molecular weight is 182 g/mol. The zero-order valence-corrected chi connectivity index (χ0v) is 6.95. The molecule has 4 nitrogen and oxygen atoms in total. The van der Waals surface area contributed by atoms with Crippen LogP contribution in [0.25, 0.3) is 0 Å². The summed E-state index contributed by atoms with van der Waals surface area (Å²) in [6.07, 6.45) is 0.0328. The maximum Gasteiger partial charge on any atom is 0.307 e. The Labute approximate surface area is 77.2 Å². The Morgan fingerprint density at radius 2 is 2.00 bits per heavy atom. The zero-order chi connectivity index (χ0) is 8.27. The molecule has 0 amide bonds. The van der Waals surface area contributed by atoms with E-state index in [0.717, 1.165) is 5.56 Å². The van der Waals surface area contributed by atoms with Gasteiger partial charge in [-0.25, -0.2) is 0 Å². The van der Waals surface area contributed by atoms with Crippen molar-refractivity contribution in [1.82, 2.24) is 0 Å². The Morgan fingerprint density at radius 1 is 1.38 bits per heavy atom. The number of aliphatic carboxylic acids is 1. The minimum atomic E-state index is -0.837. The van der Waals surface area contributed by atoms with Gasteiger partial charge in [-0.3, -0.25) is 4.79 Å². The van der Waals surface area contributed by atoms with Crippen LogP contribution in [0.2, 0.25) is 0 Å². The predicted molar refractivity (Wildman–Crippen MR) is 50.4 cm³/mol. The van der Waals surface area contributed by atoms with E-state index in [1.165, 1.54) is 0 Å². The highest BCUT2D eigenvalue weighted by atomic mass is 16.4. The largest absolute Gasteiger partial charge is 0.481 e. The Bertz CT molecular complexity index is 275. The molecule has 0 aromatic heterocycles. The summed E-state index contributed by atoms with van der Waals surface area (Å²) in [5.41, 5.74) is 1.33. The lowest BCUT2D eigenvalue weighted by Crippen LogP contribution is -2.06. The van der Waals surface area contributed by atoms with Gasteiger partial charge in [-0.15, -0.1) is 0 Å². The van der Waals surface area contributed by atoms with Crippen LogP contribution in [-0.2, 0) is 11.2 Å². The molecule has 0 heterocycles. The molecular weight excluding hydrogens is 171 g/mol. The molecule has 0 atom stereocenters. The van der Waals surface area contributed by atoms with Gasteiger partial charge in [0.15, 0.2) is 0 Å². The Morgan fingerprint density at radius 3 is 2.46 bits per heavy atom. The summed E-state index contributed by atoms with van der Waals surface area (Å²) in [5.74, 6) is -0.837. The molecule has 13 heavy (non-hydrogen) atoms. The number of benzene rings is 1. The molecule has 0 bridgehead atoms. The van der Waals surface area contributed by atoms with Gasteiger partial charge in [-0.2, -0.15) is 0 Å². The van der Waals surface area contributed by atoms with E-state index in [4.69, 9.17) is 13.0 Å². The minimum Gasteiger partial charge on any atom is -0.481 e. The van der Waals surface area contributed by atoms with Crippen molar-refractivity contribution >= 4 is 19.3 Å². The summed E-state index contributed by atoms with van der Waals surface area (Å²) in [7, 11) is 5.44. The molecule has 0 saturated heterocycles. The lowest BCUT2D eigenvalue weighted by atomic mass is 9.94. The van der Waals surface area contributed by atoms with Gasteiger partial charge in [0.1, 0.15) is 7.85 Å². The first kappa shape index (κ1) is 14.2. The second-order valence-corrected chi connectivity index (χ2v) is 2.32. The van der Waals surface area contributed by atoms with Crippen molar-refractivity contribution in [3.63, 3.8) is 0 Å². The second kappa shape index (κ2) is 6.22. The van der Waals surface area contributed by atoms with Crippen molar-refractivity contribution < 1.29 is 20.9 Å². The summed E-state index contributed by atoms with van der Waals surface area (Å²) in [6, 6.07) is 6.87. The zero-order valence-electron chi connectivity index (χ0n) is 6.95. The Balaban J connectivity index is 0. The smallest absolute Gasteiger partial charge is 0.307 e. The van der Waals surface area contributed by atoms with Gasteiger partial charge in [0, 0.05) is 0 Å². The first-order chi connectivity index (χ1) is 5.18. The van der Waals surface area contributed by atoms with Gasteiger partial charge in [-0.05, 0) is 5.56 Å². The van der Waals surface area contributed by atoms with Crippen molar-refractivity contribution in [1.29, 1.82) is 0 Å². The van der Waals surface area contributed by atoms with E-state index in [0.29, 0.717) is 5.46 Å². The molecule has 0 saturated carbocycles. The minimum absolute atomic E-state index is 0. The normalized spacial score (nSPS) is 8.00. The molecule has 1 aromatic carbocycles. The quantitative estimate of drug-likeness (QED) is 0.560. The average Bonchev–Trinajstić information content (AvgIpc) is 1.85. The van der Waals surface area contributed by atoms with Gasteiger partial charge in [0.25, 0.3) is 0 Å². The highest BCUT2D eigenvalue weighted by molar-refractivity contribution is 6.32. The van der Waals surface area contributed by atoms with Crippen LogP contribution in [0, 0.1) is 0 Å². The predicted octanol–water partition coefficient (Wildman–Crippen LogP) is -1.54. The number of hydrogen-bond acceptors (Lipinski definition) is 1. The van der Waals surface area contributed by atoms with Crippen LogP contribution < -0.4 is 5.46 Å². The van der Waals surface area contributed by atoms with Crippen molar-refractivity contribution in [2.24, 2.45) is 0 Å². The number of rotatable bonds is 2. The fourth-order valence-electron chi connectivity index (χ4n) is 0.878. The molecule has 5 heteroatoms. The summed E-state index contributed by atoms with van der Waals surface area (Å²) >= 11 is 0. The Kier molecular flexibility index (Phi) is 6.80. The summed E-state index contributed by atoms with van der Waals surface area (Å²) < 4.78 is 0. The van der Waals surface area contributed by atoms with Crippen molar-refractivity contribution in [3.05, 3.63) is 29.8 Å². The number of carboxylic acids is 1. The monoisotopic (exact) mass is 182 g/mol. The summed E-state index contributed by atoms with van der Waals surface area (Å²) in [6.45, 7) is 0. The third kappa shape index (κ3) is 5.00. The van der Waals surface area contributed by atoms with Crippen LogP contribution in [0.15, 0.2) is 24.3 Å². The highest BCUT2D eigenvalue weighted by Crippen LogP contribution is 1.96. The van der Waals surface area contributed by atoms with E-state index in [9.17, 15) is 4.79 Å². The van der Waals surface area contributed by atoms with Gasteiger partial charge >= 0.3 is 5.97 Å². The van der Waals surface area contributed by atoms with E-state index in [1.807, 2.05) is 0 Å². The molecule has 70 valence electrons. The molecular formula is C8H11BO4. The molecule has 0 spiro atoms. The molecule has 1 aromatic rings. The maximum atomic E-state index is 10.2. The molecule has 0 aliphatic carbocycles. The molecule has 0 aliphatic heterocycles. The standard InChI is InChI=1S/C8H7BO2.2H2O/c9-7-3-1-2-6(4-7)5-8(10)11;;/h1-4H,5H2,(H,10,11);2*1H2. The Hall–Kier alpha value is -1.33. The van der Waals surface area contributed by atoms with Crippen molar-refractivity contribution in [2.75, 3.05) is 0 Å². The third-order valence-electron chi connectivity index (χ3n) is 1.31. The molecule has 0 aliphatic rings. The van der Waals surface area contributed by atoms with E-state index < -0.39 is 5.97 Å². The van der Waals surface area contributed by atoms with E-state index in [-0.39, 0.29) is 17.4 Å². The fraction of sp³-hybridized carbons (Fsp3) is 0.125. The molecule has 5 N–H and O–H groups in total. The summed E-state index contributed by atoms with van der Waals surface area (Å²) in [5, 5.41) is 8.42. The van der Waals surface area contributed by atoms with Crippen molar-refractivity contribution in [2.45, 2.75) is 6.42 Å². The van der Waals surface area contributed by atoms with E-state index in [2.05, 4.69) is 0 Å². The molecule has 0 fully saturated rings. The van der Waals surface area contributed by atoms with Crippen LogP contribution in [-0.4, -0.2) is 29.9 Å². The number of carboxylic acid groups (broad SMARTS) is 1. The highest BCUT2D eigenvalue weighted by Gasteiger charge is 1.98. The van der Waals surface area contributed by atoms with Crippen LogP contribution in [0.1, 0.15) is 5.56 Å². The molecule has 0 unspecified atom stereocenters. The number of hydrogen-bond donors (Lipinski definition) is 1. The van der Waals surface area contributed by atoms with E-state index >= 15 is 0 Å². The number of carbonyl (C=O) groups is 1. The maximum absolute atomic E-state index is 10.2. The molecule has 2 radical (unpaired) electrons. The van der Waals surface area contributed by atoms with Crippen molar-refractivity contribution in [3.8, 4) is 0 Å². The second-order valence-electron chi connectivity index (χ2n) is 2.32. The fourth-order valence-corrected chi connectivity index (χ4v) is 0.878. The lowest BCUT2D eigenvalue weighted by Gasteiger charge is -1.97. The van der Waals surface area contributed by atoms with Gasteiger partial charge in [0.2, 0.25) is 0 Å². The van der Waals surface area contributed by atoms with Gasteiger partial charge < -0.3 is 16.1 Å². The first-order valence-electron chi connectivity index (χ1n) is 3.24. The topological polar surface area (TPSA) is 100 Å². The molecule has 1 rings (SSSR count).